The highest BCUT2D eigenvalue weighted by Gasteiger charge is 2.19. The van der Waals surface area contributed by atoms with Crippen LogP contribution in [0, 0.1) is 0 Å². The molecule has 1 aliphatic heterocycles. The Bertz CT molecular complexity index is 314. The van der Waals surface area contributed by atoms with Gasteiger partial charge in [-0.05, 0) is 23.3 Å². The van der Waals surface area contributed by atoms with E-state index in [1.807, 2.05) is 11.8 Å². The van der Waals surface area contributed by atoms with E-state index >= 15 is 0 Å². The van der Waals surface area contributed by atoms with Gasteiger partial charge in [0.1, 0.15) is 0 Å². The number of rotatable bonds is 4. The number of benzene rings is 1. The van der Waals surface area contributed by atoms with Gasteiger partial charge in [0.2, 0.25) is 0 Å². The minimum absolute atomic E-state index is 0.110. The van der Waals surface area contributed by atoms with Crippen molar-refractivity contribution in [2.45, 2.75) is 11.7 Å². The summed E-state index contributed by atoms with van der Waals surface area (Å²) in [5, 5.41) is 9.11. The molecule has 0 aromatic heterocycles. The molecule has 15 heavy (non-hydrogen) atoms. The van der Waals surface area contributed by atoms with E-state index in [2.05, 4.69) is 24.3 Å². The Morgan fingerprint density at radius 3 is 3.13 bits per heavy atom. The van der Waals surface area contributed by atoms with Crippen LogP contribution in [0.3, 0.4) is 0 Å². The van der Waals surface area contributed by atoms with E-state index in [1.165, 1.54) is 16.9 Å². The maximum atomic E-state index is 8.66. The van der Waals surface area contributed by atoms with Crippen LogP contribution in [0.5, 0.6) is 0 Å². The van der Waals surface area contributed by atoms with Crippen LogP contribution < -0.4 is 0 Å². The Hall–Kier alpha value is -0.510. The van der Waals surface area contributed by atoms with Crippen LogP contribution in [0.1, 0.15) is 16.4 Å². The molecule has 0 radical (unpaired) electrons. The van der Waals surface area contributed by atoms with E-state index in [9.17, 15) is 0 Å². The van der Waals surface area contributed by atoms with Gasteiger partial charge < -0.3 is 9.84 Å². The van der Waals surface area contributed by atoms with Gasteiger partial charge in [0.25, 0.3) is 0 Å². The van der Waals surface area contributed by atoms with E-state index < -0.39 is 0 Å². The van der Waals surface area contributed by atoms with Crippen LogP contribution in [0.4, 0.5) is 0 Å². The fourth-order valence-electron chi connectivity index (χ4n) is 1.87. The molecule has 1 N–H and O–H groups in total. The van der Waals surface area contributed by atoms with Crippen molar-refractivity contribution in [2.75, 3.05) is 25.6 Å². The van der Waals surface area contributed by atoms with Crippen LogP contribution in [0.15, 0.2) is 24.3 Å². The summed E-state index contributed by atoms with van der Waals surface area (Å²) in [6, 6.07) is 8.58. The van der Waals surface area contributed by atoms with Crippen molar-refractivity contribution in [3.63, 3.8) is 0 Å². The zero-order chi connectivity index (χ0) is 10.5. The van der Waals surface area contributed by atoms with Gasteiger partial charge >= 0.3 is 0 Å². The van der Waals surface area contributed by atoms with Gasteiger partial charge in [-0.2, -0.15) is 11.8 Å². The number of aryl methyl sites for hydroxylation is 1. The number of hydrogen-bond acceptors (Lipinski definition) is 3. The molecule has 0 saturated carbocycles. The van der Waals surface area contributed by atoms with Crippen molar-refractivity contribution in [3.05, 3.63) is 35.4 Å². The molecule has 2 nitrogen and oxygen atoms in total. The Morgan fingerprint density at radius 1 is 1.40 bits per heavy atom. The van der Waals surface area contributed by atoms with E-state index in [0.29, 0.717) is 18.5 Å². The van der Waals surface area contributed by atoms with Crippen molar-refractivity contribution in [3.8, 4) is 0 Å². The average molecular weight is 224 g/mol. The second-order valence-electron chi connectivity index (χ2n) is 3.61. The molecule has 0 aliphatic carbocycles. The summed E-state index contributed by atoms with van der Waals surface area (Å²) in [5.74, 6) is 1.17. The summed E-state index contributed by atoms with van der Waals surface area (Å²) >= 11 is 1.95. The molecule has 1 heterocycles. The smallest absolute Gasteiger partial charge is 0.0698 e. The Kier molecular flexibility index (Phi) is 4.06. The maximum absolute atomic E-state index is 8.66. The molecule has 2 rings (SSSR count). The molecule has 1 aliphatic rings. The molecule has 0 saturated heterocycles. The minimum atomic E-state index is 0.110. The van der Waals surface area contributed by atoms with Gasteiger partial charge in [0, 0.05) is 0 Å². The van der Waals surface area contributed by atoms with Gasteiger partial charge in [0.05, 0.1) is 25.1 Å². The van der Waals surface area contributed by atoms with Crippen LogP contribution in [0.25, 0.3) is 0 Å². The molecule has 1 atom stereocenters. The highest BCUT2D eigenvalue weighted by atomic mass is 32.2. The van der Waals surface area contributed by atoms with Crippen LogP contribution in [-0.2, 0) is 11.2 Å². The van der Waals surface area contributed by atoms with Gasteiger partial charge in [-0.1, -0.05) is 24.3 Å². The number of hydrogen-bond donors (Lipinski definition) is 1. The summed E-state index contributed by atoms with van der Waals surface area (Å²) < 4.78 is 5.41. The van der Waals surface area contributed by atoms with Crippen molar-refractivity contribution in [1.29, 1.82) is 0 Å². The lowest BCUT2D eigenvalue weighted by atomic mass is 10.0. The summed E-state index contributed by atoms with van der Waals surface area (Å²) in [5.41, 5.74) is 2.86. The predicted octanol–water partition coefficient (Wildman–Crippen LogP) is 2.03. The van der Waals surface area contributed by atoms with E-state index in [4.69, 9.17) is 9.84 Å². The number of fused-ring (bicyclic) bond motifs is 1. The van der Waals surface area contributed by atoms with E-state index in [0.717, 1.165) is 6.42 Å². The molecular weight excluding hydrogens is 208 g/mol. The monoisotopic (exact) mass is 224 g/mol. The zero-order valence-corrected chi connectivity index (χ0v) is 9.50. The molecule has 0 spiro atoms. The second-order valence-corrected chi connectivity index (χ2v) is 4.92. The summed E-state index contributed by atoms with van der Waals surface area (Å²) in [6.45, 7) is 1.26. The van der Waals surface area contributed by atoms with Crippen molar-refractivity contribution in [2.24, 2.45) is 0 Å². The second kappa shape index (κ2) is 5.54. The molecule has 1 aromatic rings. The van der Waals surface area contributed by atoms with Crippen LogP contribution in [0.2, 0.25) is 0 Å². The average Bonchev–Trinajstić information content (AvgIpc) is 2.30. The summed E-state index contributed by atoms with van der Waals surface area (Å²) in [6.07, 6.45) is 1.16. The van der Waals surface area contributed by atoms with Gasteiger partial charge in [-0.25, -0.2) is 0 Å². The molecule has 1 aromatic carbocycles. The molecule has 3 heteroatoms. The first-order chi connectivity index (χ1) is 7.42. The van der Waals surface area contributed by atoms with Gasteiger partial charge in [0.15, 0.2) is 0 Å². The third-order valence-corrected chi connectivity index (χ3v) is 3.83. The molecule has 0 fully saturated rings. The predicted molar refractivity (Wildman–Crippen MR) is 63.2 cm³/mol. The third-order valence-electron chi connectivity index (χ3n) is 2.60. The topological polar surface area (TPSA) is 29.5 Å². The Balaban J connectivity index is 2.02. The fraction of sp³-hybridized carbons (Fsp3) is 0.500. The SMILES string of the molecule is OCCOCC1SCCc2ccccc21. The standard InChI is InChI=1S/C12H16O2S/c13-6-7-14-9-12-11-4-2-1-3-10(11)5-8-15-12/h1-4,12-13H,5-9H2. The Morgan fingerprint density at radius 2 is 2.27 bits per heavy atom. The first-order valence-electron chi connectivity index (χ1n) is 5.30. The molecule has 82 valence electrons. The fourth-order valence-corrected chi connectivity index (χ4v) is 3.09. The number of aliphatic hydroxyl groups excluding tert-OH is 1. The van der Waals surface area contributed by atoms with Gasteiger partial charge in [-0.15, -0.1) is 0 Å². The number of ether oxygens (including phenoxy) is 1. The number of aliphatic hydroxyl groups is 1. The highest BCUT2D eigenvalue weighted by molar-refractivity contribution is 7.99. The highest BCUT2D eigenvalue weighted by Crippen LogP contribution is 2.36. The quantitative estimate of drug-likeness (QED) is 0.793. The summed E-state index contributed by atoms with van der Waals surface area (Å²) in [4.78, 5) is 0. The minimum Gasteiger partial charge on any atom is -0.394 e. The first kappa shape index (κ1) is 11.0. The van der Waals surface area contributed by atoms with Gasteiger partial charge in [-0.3, -0.25) is 0 Å². The van der Waals surface area contributed by atoms with Crippen molar-refractivity contribution < 1.29 is 9.84 Å². The molecule has 0 bridgehead atoms. The van der Waals surface area contributed by atoms with Crippen LogP contribution >= 0.6 is 11.8 Å². The third kappa shape index (κ3) is 2.74. The van der Waals surface area contributed by atoms with E-state index in [1.54, 1.807) is 0 Å². The first-order valence-corrected chi connectivity index (χ1v) is 6.34. The van der Waals surface area contributed by atoms with E-state index in [-0.39, 0.29) is 6.61 Å². The zero-order valence-electron chi connectivity index (χ0n) is 8.69. The largest absolute Gasteiger partial charge is 0.394 e. The maximum Gasteiger partial charge on any atom is 0.0698 e. The van der Waals surface area contributed by atoms with Crippen molar-refractivity contribution in [1.82, 2.24) is 0 Å². The lowest BCUT2D eigenvalue weighted by Crippen LogP contribution is -2.14. The summed E-state index contributed by atoms with van der Waals surface area (Å²) in [7, 11) is 0. The molecule has 0 amide bonds. The number of thioether (sulfide) groups is 1. The lowest BCUT2D eigenvalue weighted by molar-refractivity contribution is 0.0930. The van der Waals surface area contributed by atoms with Crippen molar-refractivity contribution >= 4 is 11.8 Å². The molecular formula is C12H16O2S. The van der Waals surface area contributed by atoms with Crippen LogP contribution in [-0.4, -0.2) is 30.7 Å². The normalized spacial score (nSPS) is 19.9. The molecule has 1 unspecified atom stereocenters. The Labute approximate surface area is 94.6 Å². The lowest BCUT2D eigenvalue weighted by Gasteiger charge is -2.24.